The van der Waals surface area contributed by atoms with Gasteiger partial charge in [0.2, 0.25) is 0 Å². The van der Waals surface area contributed by atoms with Gasteiger partial charge >= 0.3 is 0 Å². The van der Waals surface area contributed by atoms with Gasteiger partial charge in [-0.25, -0.2) is 0 Å². The molecule has 2 aromatic carbocycles. The number of aromatic nitrogens is 1. The number of rotatable bonds is 4. The largest absolute Gasteiger partial charge is 0.497 e. The van der Waals surface area contributed by atoms with E-state index in [2.05, 4.69) is 10.3 Å². The second-order valence-electron chi connectivity index (χ2n) is 5.20. The van der Waals surface area contributed by atoms with Gasteiger partial charge in [-0.05, 0) is 36.2 Å². The molecule has 23 heavy (non-hydrogen) atoms. The summed E-state index contributed by atoms with van der Waals surface area (Å²) >= 11 is 0. The third-order valence-corrected chi connectivity index (χ3v) is 3.79. The Kier molecular flexibility index (Phi) is 5.29. The Morgan fingerprint density at radius 1 is 1.17 bits per heavy atom. The van der Waals surface area contributed by atoms with Crippen molar-refractivity contribution in [3.05, 3.63) is 65.4 Å². The average molecular weight is 331 g/mol. The van der Waals surface area contributed by atoms with Crippen molar-refractivity contribution < 1.29 is 9.53 Å². The number of amides is 1. The van der Waals surface area contributed by atoms with Crippen LogP contribution in [0, 0.1) is 6.92 Å². The lowest BCUT2D eigenvalue weighted by atomic mass is 10.1. The van der Waals surface area contributed by atoms with Crippen LogP contribution in [0.25, 0.3) is 10.9 Å². The molecule has 0 fully saturated rings. The van der Waals surface area contributed by atoms with E-state index in [0.717, 1.165) is 27.8 Å². The fourth-order valence-electron chi connectivity index (χ4n) is 2.53. The van der Waals surface area contributed by atoms with E-state index in [4.69, 9.17) is 4.74 Å². The van der Waals surface area contributed by atoms with Crippen LogP contribution < -0.4 is 10.1 Å². The average Bonchev–Trinajstić information content (AvgIpc) is 2.90. The van der Waals surface area contributed by atoms with Gasteiger partial charge in [-0.15, -0.1) is 12.4 Å². The van der Waals surface area contributed by atoms with E-state index in [-0.39, 0.29) is 18.3 Å². The molecule has 0 aliphatic carbocycles. The van der Waals surface area contributed by atoms with Crippen molar-refractivity contribution in [1.29, 1.82) is 0 Å². The number of methoxy groups -OCH3 is 1. The molecule has 0 aliphatic rings. The van der Waals surface area contributed by atoms with Crippen LogP contribution in [0.1, 0.15) is 21.6 Å². The van der Waals surface area contributed by atoms with E-state index < -0.39 is 0 Å². The number of benzene rings is 2. The molecule has 0 spiro atoms. The summed E-state index contributed by atoms with van der Waals surface area (Å²) in [5.74, 6) is 0.683. The van der Waals surface area contributed by atoms with Gasteiger partial charge in [-0.3, -0.25) is 4.79 Å². The molecule has 5 heteroatoms. The van der Waals surface area contributed by atoms with Crippen molar-refractivity contribution in [2.45, 2.75) is 13.5 Å². The molecule has 2 N–H and O–H groups in total. The van der Waals surface area contributed by atoms with Gasteiger partial charge in [0, 0.05) is 17.4 Å². The van der Waals surface area contributed by atoms with E-state index in [9.17, 15) is 4.79 Å². The van der Waals surface area contributed by atoms with Crippen molar-refractivity contribution >= 4 is 29.2 Å². The third-order valence-electron chi connectivity index (χ3n) is 3.79. The minimum atomic E-state index is -0.100. The van der Waals surface area contributed by atoms with Crippen LogP contribution in [-0.4, -0.2) is 18.0 Å². The Balaban J connectivity index is 0.00000192. The summed E-state index contributed by atoms with van der Waals surface area (Å²) in [5.41, 5.74) is 3.54. The maximum Gasteiger partial charge on any atom is 0.268 e. The minimum absolute atomic E-state index is 0. The molecule has 1 aromatic heterocycles. The molecule has 1 amide bonds. The second kappa shape index (κ2) is 7.20. The fourth-order valence-corrected chi connectivity index (χ4v) is 2.53. The van der Waals surface area contributed by atoms with Gasteiger partial charge in [0.1, 0.15) is 11.4 Å². The zero-order valence-electron chi connectivity index (χ0n) is 13.1. The van der Waals surface area contributed by atoms with Crippen molar-refractivity contribution in [3.63, 3.8) is 0 Å². The number of hydrogen-bond acceptors (Lipinski definition) is 2. The maximum atomic E-state index is 12.4. The number of halogens is 1. The van der Waals surface area contributed by atoms with Gasteiger partial charge in [0.25, 0.3) is 5.91 Å². The number of aromatic amines is 1. The van der Waals surface area contributed by atoms with Crippen LogP contribution >= 0.6 is 12.4 Å². The summed E-state index contributed by atoms with van der Waals surface area (Å²) in [6.45, 7) is 2.45. The van der Waals surface area contributed by atoms with Gasteiger partial charge in [0.05, 0.1) is 7.11 Å². The molecule has 3 aromatic rings. The highest BCUT2D eigenvalue weighted by Gasteiger charge is 2.14. The third kappa shape index (κ3) is 3.48. The summed E-state index contributed by atoms with van der Waals surface area (Å²) in [6, 6.07) is 15.6. The molecule has 0 aliphatic heterocycles. The summed E-state index contributed by atoms with van der Waals surface area (Å²) in [7, 11) is 1.64. The van der Waals surface area contributed by atoms with Crippen molar-refractivity contribution in [2.75, 3.05) is 7.11 Å². The standard InChI is InChI=1S/C18H18N2O2.ClH/c1-12-15-10-14(22-2)8-9-16(15)20-17(12)18(21)19-11-13-6-4-3-5-7-13;/h3-10,20H,11H2,1-2H3,(H,19,21);1H. The molecule has 0 atom stereocenters. The molecule has 4 nitrogen and oxygen atoms in total. The number of carbonyl (C=O) groups excluding carboxylic acids is 1. The first kappa shape index (κ1) is 16.9. The Morgan fingerprint density at radius 2 is 1.91 bits per heavy atom. The number of ether oxygens (including phenoxy) is 1. The number of aryl methyl sites for hydroxylation is 1. The highest BCUT2D eigenvalue weighted by atomic mass is 35.5. The van der Waals surface area contributed by atoms with Gasteiger partial charge < -0.3 is 15.0 Å². The Labute approximate surface area is 141 Å². The van der Waals surface area contributed by atoms with Crippen LogP contribution in [0.5, 0.6) is 5.75 Å². The predicted octanol–water partition coefficient (Wildman–Crippen LogP) is 3.84. The molecule has 0 bridgehead atoms. The van der Waals surface area contributed by atoms with Crippen molar-refractivity contribution in [2.24, 2.45) is 0 Å². The highest BCUT2D eigenvalue weighted by molar-refractivity contribution is 6.01. The second-order valence-corrected chi connectivity index (χ2v) is 5.20. The molecule has 1 heterocycles. The maximum absolute atomic E-state index is 12.4. The van der Waals surface area contributed by atoms with Gasteiger partial charge in [-0.1, -0.05) is 30.3 Å². The molecule has 3 rings (SSSR count). The zero-order chi connectivity index (χ0) is 15.5. The number of carbonyl (C=O) groups is 1. The SMILES string of the molecule is COc1ccc2[nH]c(C(=O)NCc3ccccc3)c(C)c2c1.Cl. The van der Waals surface area contributed by atoms with Crippen molar-refractivity contribution in [3.8, 4) is 5.75 Å². The summed E-state index contributed by atoms with van der Waals surface area (Å²) in [6.07, 6.45) is 0. The first-order chi connectivity index (χ1) is 10.7. The first-order valence-electron chi connectivity index (χ1n) is 7.17. The fraction of sp³-hybridized carbons (Fsp3) is 0.167. The Morgan fingerprint density at radius 3 is 2.61 bits per heavy atom. The monoisotopic (exact) mass is 330 g/mol. The molecule has 0 radical (unpaired) electrons. The number of fused-ring (bicyclic) bond motifs is 1. The van der Waals surface area contributed by atoms with Crippen molar-refractivity contribution in [1.82, 2.24) is 10.3 Å². The van der Waals surface area contributed by atoms with E-state index >= 15 is 0 Å². The van der Waals surface area contributed by atoms with Crippen LogP contribution in [0.3, 0.4) is 0 Å². The summed E-state index contributed by atoms with van der Waals surface area (Å²) in [5, 5.41) is 3.95. The number of H-pyrrole nitrogens is 1. The van der Waals surface area contributed by atoms with Crippen LogP contribution in [0.4, 0.5) is 0 Å². The smallest absolute Gasteiger partial charge is 0.268 e. The zero-order valence-corrected chi connectivity index (χ0v) is 13.9. The highest BCUT2D eigenvalue weighted by Crippen LogP contribution is 2.25. The van der Waals surface area contributed by atoms with Gasteiger partial charge in [-0.2, -0.15) is 0 Å². The summed E-state index contributed by atoms with van der Waals surface area (Å²) in [4.78, 5) is 15.6. The van der Waals surface area contributed by atoms with E-state index in [1.807, 2.05) is 55.5 Å². The molecule has 0 saturated carbocycles. The minimum Gasteiger partial charge on any atom is -0.497 e. The molecule has 0 unspecified atom stereocenters. The topological polar surface area (TPSA) is 54.1 Å². The van der Waals surface area contributed by atoms with Crippen LogP contribution in [-0.2, 0) is 6.54 Å². The lowest BCUT2D eigenvalue weighted by molar-refractivity contribution is 0.0946. The lowest BCUT2D eigenvalue weighted by Gasteiger charge is -2.04. The lowest BCUT2D eigenvalue weighted by Crippen LogP contribution is -2.23. The predicted molar refractivity (Wildman–Crippen MR) is 94.4 cm³/mol. The van der Waals surface area contributed by atoms with E-state index in [1.54, 1.807) is 7.11 Å². The quantitative estimate of drug-likeness (QED) is 0.763. The Hall–Kier alpha value is -2.46. The van der Waals surface area contributed by atoms with Crippen LogP contribution in [0.2, 0.25) is 0 Å². The van der Waals surface area contributed by atoms with Gasteiger partial charge in [0.15, 0.2) is 0 Å². The number of nitrogens with one attached hydrogen (secondary N) is 2. The number of hydrogen-bond donors (Lipinski definition) is 2. The Bertz CT molecular complexity index is 813. The normalized spacial score (nSPS) is 10.2. The van der Waals surface area contributed by atoms with E-state index in [0.29, 0.717) is 12.2 Å². The van der Waals surface area contributed by atoms with Crippen LogP contribution in [0.15, 0.2) is 48.5 Å². The molecule has 120 valence electrons. The summed E-state index contributed by atoms with van der Waals surface area (Å²) < 4.78 is 5.24. The molecular weight excluding hydrogens is 312 g/mol. The molecule has 0 saturated heterocycles. The first-order valence-corrected chi connectivity index (χ1v) is 7.17. The molecular formula is C18H19ClN2O2. The van der Waals surface area contributed by atoms with E-state index in [1.165, 1.54) is 0 Å².